The number of ether oxygens (including phenoxy) is 2. The van der Waals surface area contributed by atoms with Gasteiger partial charge in [0, 0.05) is 19.8 Å². The summed E-state index contributed by atoms with van der Waals surface area (Å²) >= 11 is 0. The van der Waals surface area contributed by atoms with Crippen molar-refractivity contribution in [1.82, 2.24) is 13.9 Å². The van der Waals surface area contributed by atoms with Crippen LogP contribution in [0.15, 0.2) is 35.7 Å². The molecule has 0 aliphatic carbocycles. The Bertz CT molecular complexity index is 832. The molecule has 130 valence electrons. The van der Waals surface area contributed by atoms with Crippen molar-refractivity contribution in [2.24, 2.45) is 7.05 Å². The molecule has 0 unspecified atom stereocenters. The molecular formula is C16H21N3O4S. The van der Waals surface area contributed by atoms with E-state index in [-0.39, 0.29) is 11.1 Å². The van der Waals surface area contributed by atoms with Crippen LogP contribution in [0.5, 0.6) is 11.5 Å². The van der Waals surface area contributed by atoms with Crippen LogP contribution in [0.3, 0.4) is 0 Å². The van der Waals surface area contributed by atoms with Gasteiger partial charge < -0.3 is 14.0 Å². The number of sulfonamides is 1. The standard InChI is InChI=1S/C16H21N3O4S/c1-18-10-16(17-11-18)24(20,21)19-8-4-5-13(19)12-6-7-14(22-2)15(9-12)23-3/h6-7,9-11,13H,4-5,8H2,1-3H3/t13-/m1/s1. The Morgan fingerprint density at radius 1 is 1.21 bits per heavy atom. The van der Waals surface area contributed by atoms with Gasteiger partial charge in [-0.15, -0.1) is 0 Å². The van der Waals surface area contributed by atoms with E-state index in [1.807, 2.05) is 12.1 Å². The molecule has 3 rings (SSSR count). The third-order valence-electron chi connectivity index (χ3n) is 4.25. The molecule has 0 N–H and O–H groups in total. The predicted molar refractivity (Wildman–Crippen MR) is 88.6 cm³/mol. The Balaban J connectivity index is 1.96. The normalized spacial score (nSPS) is 18.7. The monoisotopic (exact) mass is 351 g/mol. The zero-order valence-electron chi connectivity index (χ0n) is 14.0. The minimum Gasteiger partial charge on any atom is -0.493 e. The van der Waals surface area contributed by atoms with Gasteiger partial charge in [0.25, 0.3) is 10.0 Å². The molecule has 0 bridgehead atoms. The Morgan fingerprint density at radius 2 is 1.96 bits per heavy atom. The zero-order valence-corrected chi connectivity index (χ0v) is 14.8. The molecule has 1 aromatic carbocycles. The molecule has 1 aliphatic heterocycles. The maximum atomic E-state index is 12.9. The number of aromatic nitrogens is 2. The Hall–Kier alpha value is -2.06. The summed E-state index contributed by atoms with van der Waals surface area (Å²) in [5.41, 5.74) is 0.893. The van der Waals surface area contributed by atoms with E-state index in [1.165, 1.54) is 16.8 Å². The molecule has 0 spiro atoms. The molecule has 7 nitrogen and oxygen atoms in total. The second kappa shape index (κ2) is 6.45. The van der Waals surface area contributed by atoms with Crippen molar-refractivity contribution < 1.29 is 17.9 Å². The van der Waals surface area contributed by atoms with Crippen LogP contribution in [0.25, 0.3) is 0 Å². The number of benzene rings is 1. The molecule has 0 radical (unpaired) electrons. The summed E-state index contributed by atoms with van der Waals surface area (Å²) in [6.45, 7) is 0.484. The van der Waals surface area contributed by atoms with E-state index >= 15 is 0 Å². The highest BCUT2D eigenvalue weighted by molar-refractivity contribution is 7.89. The second-order valence-corrected chi connectivity index (χ2v) is 7.60. The molecule has 24 heavy (non-hydrogen) atoms. The summed E-state index contributed by atoms with van der Waals surface area (Å²) in [4.78, 5) is 4.01. The van der Waals surface area contributed by atoms with E-state index in [9.17, 15) is 8.42 Å². The van der Waals surface area contributed by atoms with Crippen molar-refractivity contribution in [2.75, 3.05) is 20.8 Å². The van der Waals surface area contributed by atoms with Gasteiger partial charge in [0.2, 0.25) is 0 Å². The highest BCUT2D eigenvalue weighted by Gasteiger charge is 2.37. The third kappa shape index (κ3) is 2.87. The molecular weight excluding hydrogens is 330 g/mol. The fourth-order valence-electron chi connectivity index (χ4n) is 3.06. The SMILES string of the molecule is COc1ccc([C@H]2CCCN2S(=O)(=O)c2cn(C)cn2)cc1OC. The first-order chi connectivity index (χ1) is 11.5. The molecule has 0 saturated carbocycles. The number of imidazole rings is 1. The average molecular weight is 351 g/mol. The largest absolute Gasteiger partial charge is 0.493 e. The van der Waals surface area contributed by atoms with Crippen LogP contribution in [0.4, 0.5) is 0 Å². The van der Waals surface area contributed by atoms with Crippen LogP contribution in [0.2, 0.25) is 0 Å². The summed E-state index contributed by atoms with van der Waals surface area (Å²) in [5.74, 6) is 1.22. The third-order valence-corrected chi connectivity index (χ3v) is 6.04. The zero-order chi connectivity index (χ0) is 17.3. The van der Waals surface area contributed by atoms with Gasteiger partial charge in [-0.25, -0.2) is 13.4 Å². The fraction of sp³-hybridized carbons (Fsp3) is 0.438. The van der Waals surface area contributed by atoms with Crippen LogP contribution in [-0.2, 0) is 17.1 Å². The number of hydrogen-bond donors (Lipinski definition) is 0. The number of hydrogen-bond acceptors (Lipinski definition) is 5. The van der Waals surface area contributed by atoms with Crippen LogP contribution in [0, 0.1) is 0 Å². The minimum absolute atomic E-state index is 0.0809. The van der Waals surface area contributed by atoms with E-state index < -0.39 is 10.0 Å². The number of methoxy groups -OCH3 is 2. The summed E-state index contributed by atoms with van der Waals surface area (Å²) in [6.07, 6.45) is 4.60. The van der Waals surface area contributed by atoms with Gasteiger partial charge >= 0.3 is 0 Å². The van der Waals surface area contributed by atoms with E-state index in [4.69, 9.17) is 9.47 Å². The molecule has 2 aromatic rings. The summed E-state index contributed by atoms with van der Waals surface area (Å²) in [7, 11) is 1.27. The molecule has 0 amide bonds. The molecule has 1 saturated heterocycles. The Kier molecular flexibility index (Phi) is 4.51. The van der Waals surface area contributed by atoms with Crippen molar-refractivity contribution in [3.05, 3.63) is 36.3 Å². The van der Waals surface area contributed by atoms with E-state index in [0.717, 1.165) is 18.4 Å². The van der Waals surface area contributed by atoms with Gasteiger partial charge in [0.05, 0.1) is 26.6 Å². The second-order valence-electron chi connectivity index (χ2n) is 5.77. The molecule has 1 fully saturated rings. The van der Waals surface area contributed by atoms with Crippen molar-refractivity contribution in [3.63, 3.8) is 0 Å². The highest BCUT2D eigenvalue weighted by atomic mass is 32.2. The molecule has 8 heteroatoms. The van der Waals surface area contributed by atoms with Crippen LogP contribution >= 0.6 is 0 Å². The first kappa shape index (κ1) is 16.8. The molecule has 1 aromatic heterocycles. The minimum atomic E-state index is -3.62. The highest BCUT2D eigenvalue weighted by Crippen LogP contribution is 2.39. The van der Waals surface area contributed by atoms with Crippen molar-refractivity contribution >= 4 is 10.0 Å². The number of aryl methyl sites for hydroxylation is 1. The maximum absolute atomic E-state index is 12.9. The maximum Gasteiger partial charge on any atom is 0.262 e. The van der Waals surface area contributed by atoms with Crippen LogP contribution in [-0.4, -0.2) is 43.0 Å². The quantitative estimate of drug-likeness (QED) is 0.823. The van der Waals surface area contributed by atoms with Crippen LogP contribution in [0.1, 0.15) is 24.4 Å². The summed E-state index contributed by atoms with van der Waals surface area (Å²) < 4.78 is 39.6. The van der Waals surface area contributed by atoms with Gasteiger partial charge in [0.1, 0.15) is 0 Å². The van der Waals surface area contributed by atoms with Gasteiger partial charge in [0.15, 0.2) is 16.5 Å². The lowest BCUT2D eigenvalue weighted by atomic mass is 10.0. The van der Waals surface area contributed by atoms with Gasteiger partial charge in [-0.1, -0.05) is 6.07 Å². The lowest BCUT2D eigenvalue weighted by molar-refractivity contribution is 0.351. The topological polar surface area (TPSA) is 73.7 Å². The van der Waals surface area contributed by atoms with Crippen LogP contribution < -0.4 is 9.47 Å². The van der Waals surface area contributed by atoms with Gasteiger partial charge in [-0.2, -0.15) is 4.31 Å². The summed E-state index contributed by atoms with van der Waals surface area (Å²) in [5, 5.41) is 0.0809. The smallest absolute Gasteiger partial charge is 0.262 e. The lowest BCUT2D eigenvalue weighted by Gasteiger charge is -2.24. The first-order valence-electron chi connectivity index (χ1n) is 7.69. The molecule has 2 heterocycles. The van der Waals surface area contributed by atoms with Crippen molar-refractivity contribution in [1.29, 1.82) is 0 Å². The number of nitrogens with zero attached hydrogens (tertiary/aromatic N) is 3. The Labute approximate surface area is 141 Å². The Morgan fingerprint density at radius 3 is 2.58 bits per heavy atom. The number of rotatable bonds is 5. The average Bonchev–Trinajstić information content (AvgIpc) is 3.23. The van der Waals surface area contributed by atoms with Gasteiger partial charge in [-0.05, 0) is 30.5 Å². The lowest BCUT2D eigenvalue weighted by Crippen LogP contribution is -2.31. The van der Waals surface area contributed by atoms with E-state index in [1.54, 1.807) is 31.9 Å². The fourth-order valence-corrected chi connectivity index (χ4v) is 4.71. The molecule has 1 atom stereocenters. The van der Waals surface area contributed by atoms with E-state index in [0.29, 0.717) is 18.0 Å². The van der Waals surface area contributed by atoms with Crippen molar-refractivity contribution in [3.8, 4) is 11.5 Å². The first-order valence-corrected chi connectivity index (χ1v) is 9.13. The van der Waals surface area contributed by atoms with Crippen molar-refractivity contribution in [2.45, 2.75) is 23.9 Å². The molecule has 1 aliphatic rings. The van der Waals surface area contributed by atoms with Gasteiger partial charge in [-0.3, -0.25) is 0 Å². The summed E-state index contributed by atoms with van der Waals surface area (Å²) in [6, 6.07) is 5.31. The predicted octanol–water partition coefficient (Wildman–Crippen LogP) is 1.96. The van der Waals surface area contributed by atoms with E-state index in [2.05, 4.69) is 4.98 Å².